The minimum absolute atomic E-state index is 0.490. The highest BCUT2D eigenvalue weighted by Crippen LogP contribution is 2.12. The molecule has 0 aliphatic heterocycles. The van der Waals surface area contributed by atoms with E-state index in [0.717, 1.165) is 28.7 Å². The lowest BCUT2D eigenvalue weighted by atomic mass is 10.1. The summed E-state index contributed by atoms with van der Waals surface area (Å²) in [5.41, 5.74) is 1.40. The van der Waals surface area contributed by atoms with Gasteiger partial charge in [0.25, 0.3) is 0 Å². The van der Waals surface area contributed by atoms with Crippen LogP contribution < -0.4 is 5.36 Å². The fourth-order valence-corrected chi connectivity index (χ4v) is 1.84. The molecule has 0 unspecified atom stereocenters. The molecule has 4 heteroatoms. The fourth-order valence-electron chi connectivity index (χ4n) is 1.84. The zero-order chi connectivity index (χ0) is 11.5. The van der Waals surface area contributed by atoms with E-state index in [2.05, 4.69) is 5.16 Å². The van der Waals surface area contributed by atoms with Crippen LogP contribution in [0.25, 0.3) is 10.9 Å². The molecule has 0 atom stereocenters. The van der Waals surface area contributed by atoms with Gasteiger partial charge in [0.1, 0.15) is 5.36 Å². The molecule has 0 radical (unpaired) electrons. The quantitative estimate of drug-likeness (QED) is 0.461. The maximum absolute atomic E-state index is 9.99. The van der Waals surface area contributed by atoms with Crippen LogP contribution in [0.1, 0.15) is 19.0 Å². The Hall–Kier alpha value is -1.97. The molecule has 1 aromatic heterocycles. The first kappa shape index (κ1) is 10.5. The zero-order valence-corrected chi connectivity index (χ0v) is 9.09. The van der Waals surface area contributed by atoms with Gasteiger partial charge in [-0.1, -0.05) is 36.7 Å². The number of hydrogen-bond donors (Lipinski definition) is 2. The third-order valence-electron chi connectivity index (χ3n) is 2.60. The summed E-state index contributed by atoms with van der Waals surface area (Å²) in [6.07, 6.45) is 1.66. The third kappa shape index (κ3) is 1.62. The minimum Gasteiger partial charge on any atom is -0.428 e. The van der Waals surface area contributed by atoms with Crippen LogP contribution in [0.15, 0.2) is 35.5 Å². The molecule has 2 aromatic rings. The van der Waals surface area contributed by atoms with Crippen LogP contribution >= 0.6 is 0 Å². The van der Waals surface area contributed by atoms with Crippen LogP contribution in [-0.2, 0) is 6.42 Å². The topological polar surface area (TPSA) is 57.8 Å². The molecule has 2 N–H and O–H groups in total. The number of rotatable bonds is 2. The highest BCUT2D eigenvalue weighted by Gasteiger charge is 2.05. The molecule has 84 valence electrons. The molecule has 1 heterocycles. The van der Waals surface area contributed by atoms with Gasteiger partial charge in [0.2, 0.25) is 0 Å². The lowest BCUT2D eigenvalue weighted by Crippen LogP contribution is -2.13. The van der Waals surface area contributed by atoms with Gasteiger partial charge in [-0.25, -0.2) is 0 Å². The number of hydrogen-bond acceptors (Lipinski definition) is 3. The summed E-state index contributed by atoms with van der Waals surface area (Å²) in [6, 6.07) is 8.99. The van der Waals surface area contributed by atoms with Gasteiger partial charge in [0.05, 0.1) is 11.2 Å². The molecule has 4 nitrogen and oxygen atoms in total. The molecule has 0 saturated carbocycles. The summed E-state index contributed by atoms with van der Waals surface area (Å²) >= 11 is 0. The Kier molecular flexibility index (Phi) is 2.81. The number of para-hydroxylation sites is 1. The van der Waals surface area contributed by atoms with Crippen molar-refractivity contribution in [1.29, 1.82) is 0 Å². The van der Waals surface area contributed by atoms with Gasteiger partial charge in [-0.2, -0.15) is 4.73 Å². The van der Waals surface area contributed by atoms with Gasteiger partial charge in [-0.05, 0) is 18.6 Å². The summed E-state index contributed by atoms with van der Waals surface area (Å²) in [4.78, 5) is 0. The van der Waals surface area contributed by atoms with Crippen LogP contribution in [0, 0.1) is 0 Å². The number of nitrogens with zero attached hydrogens (tertiary/aromatic N) is 2. The molecule has 0 amide bonds. The van der Waals surface area contributed by atoms with Crippen molar-refractivity contribution in [2.45, 2.75) is 19.8 Å². The van der Waals surface area contributed by atoms with Crippen molar-refractivity contribution in [1.82, 2.24) is 4.73 Å². The standard InChI is InChI=1S/C12H14N2O2/c1-2-5-9-8-11(13-15)10-6-3-4-7-12(10)14(9)16/h3-4,6-8,15-16H,2,5H2,1H3/b13-11+. The van der Waals surface area contributed by atoms with Gasteiger partial charge < -0.3 is 10.4 Å². The third-order valence-corrected chi connectivity index (χ3v) is 2.60. The normalized spacial score (nSPS) is 12.2. The first-order chi connectivity index (χ1) is 7.77. The smallest absolute Gasteiger partial charge is 0.113 e. The van der Waals surface area contributed by atoms with E-state index < -0.39 is 0 Å². The van der Waals surface area contributed by atoms with Crippen molar-refractivity contribution in [2.75, 3.05) is 0 Å². The van der Waals surface area contributed by atoms with E-state index in [4.69, 9.17) is 5.21 Å². The van der Waals surface area contributed by atoms with Crippen molar-refractivity contribution < 1.29 is 10.4 Å². The van der Waals surface area contributed by atoms with Crippen molar-refractivity contribution in [2.24, 2.45) is 5.16 Å². The fraction of sp³-hybridized carbons (Fsp3) is 0.250. The van der Waals surface area contributed by atoms with Crippen LogP contribution in [0.3, 0.4) is 0 Å². The minimum atomic E-state index is 0.490. The number of pyridine rings is 1. The van der Waals surface area contributed by atoms with Gasteiger partial charge in [0.15, 0.2) is 0 Å². The van der Waals surface area contributed by atoms with Crippen molar-refractivity contribution in [3.63, 3.8) is 0 Å². The number of aryl methyl sites for hydroxylation is 1. The molecule has 0 saturated heterocycles. The Balaban J connectivity index is 2.84. The molecule has 0 aliphatic carbocycles. The van der Waals surface area contributed by atoms with Gasteiger partial charge in [-0.3, -0.25) is 0 Å². The van der Waals surface area contributed by atoms with E-state index >= 15 is 0 Å². The second kappa shape index (κ2) is 4.26. The van der Waals surface area contributed by atoms with Gasteiger partial charge >= 0.3 is 0 Å². The predicted molar refractivity (Wildman–Crippen MR) is 60.5 cm³/mol. The SMILES string of the molecule is CCCc1c/c(=N\O)c2ccccc2n1O. The number of aromatic nitrogens is 1. The summed E-state index contributed by atoms with van der Waals surface area (Å²) in [5, 5.41) is 23.4. The Morgan fingerprint density at radius 1 is 1.31 bits per heavy atom. The molecular formula is C12H14N2O2. The molecule has 1 aromatic carbocycles. The van der Waals surface area contributed by atoms with E-state index in [1.807, 2.05) is 25.1 Å². The van der Waals surface area contributed by atoms with Gasteiger partial charge in [-0.15, -0.1) is 0 Å². The molecular weight excluding hydrogens is 204 g/mol. The molecule has 2 rings (SSSR count). The first-order valence-electron chi connectivity index (χ1n) is 5.29. The average Bonchev–Trinajstić information content (AvgIpc) is 2.33. The van der Waals surface area contributed by atoms with E-state index in [9.17, 15) is 5.21 Å². The second-order valence-electron chi connectivity index (χ2n) is 3.70. The van der Waals surface area contributed by atoms with Crippen LogP contribution in [0.2, 0.25) is 0 Å². The molecule has 16 heavy (non-hydrogen) atoms. The maximum Gasteiger partial charge on any atom is 0.113 e. The average molecular weight is 218 g/mol. The number of benzene rings is 1. The van der Waals surface area contributed by atoms with Crippen molar-refractivity contribution in [3.05, 3.63) is 41.4 Å². The largest absolute Gasteiger partial charge is 0.428 e. The first-order valence-corrected chi connectivity index (χ1v) is 5.29. The van der Waals surface area contributed by atoms with Crippen molar-refractivity contribution in [3.8, 4) is 0 Å². The van der Waals surface area contributed by atoms with Crippen molar-refractivity contribution >= 4 is 10.9 Å². The second-order valence-corrected chi connectivity index (χ2v) is 3.70. The maximum atomic E-state index is 9.99. The van der Waals surface area contributed by atoms with Crippen LogP contribution in [0.5, 0.6) is 0 Å². The molecule has 0 bridgehead atoms. The van der Waals surface area contributed by atoms with Crippen LogP contribution in [0.4, 0.5) is 0 Å². The molecule has 0 aliphatic rings. The lowest BCUT2D eigenvalue weighted by molar-refractivity contribution is 0.187. The Bertz CT molecular complexity index is 573. The highest BCUT2D eigenvalue weighted by molar-refractivity contribution is 5.78. The van der Waals surface area contributed by atoms with E-state index in [1.165, 1.54) is 0 Å². The number of fused-ring (bicyclic) bond motifs is 1. The summed E-state index contributed by atoms with van der Waals surface area (Å²) in [7, 11) is 0. The van der Waals surface area contributed by atoms with E-state index in [0.29, 0.717) is 10.9 Å². The summed E-state index contributed by atoms with van der Waals surface area (Å²) < 4.78 is 1.16. The molecule has 0 spiro atoms. The Labute approximate surface area is 93.0 Å². The summed E-state index contributed by atoms with van der Waals surface area (Å²) in [5.74, 6) is 0. The Morgan fingerprint density at radius 2 is 2.06 bits per heavy atom. The van der Waals surface area contributed by atoms with E-state index in [-0.39, 0.29) is 0 Å². The van der Waals surface area contributed by atoms with Crippen LogP contribution in [-0.4, -0.2) is 15.1 Å². The Morgan fingerprint density at radius 3 is 2.75 bits per heavy atom. The zero-order valence-electron chi connectivity index (χ0n) is 9.09. The highest BCUT2D eigenvalue weighted by atomic mass is 16.5. The van der Waals surface area contributed by atoms with Gasteiger partial charge in [0, 0.05) is 5.39 Å². The monoisotopic (exact) mass is 218 g/mol. The predicted octanol–water partition coefficient (Wildman–Crippen LogP) is 2.12. The lowest BCUT2D eigenvalue weighted by Gasteiger charge is -2.10. The summed E-state index contributed by atoms with van der Waals surface area (Å²) in [6.45, 7) is 2.03. The molecule has 0 fully saturated rings. The van der Waals surface area contributed by atoms with E-state index in [1.54, 1.807) is 12.1 Å².